The zero-order valence-corrected chi connectivity index (χ0v) is 16.8. The second-order valence-electron chi connectivity index (χ2n) is 7.09. The lowest BCUT2D eigenvalue weighted by molar-refractivity contribution is 0.375. The fourth-order valence-electron chi connectivity index (χ4n) is 3.86. The molecule has 0 aliphatic carbocycles. The maximum atomic E-state index is 14.8. The molecule has 28 heavy (non-hydrogen) atoms. The summed E-state index contributed by atoms with van der Waals surface area (Å²) in [4.78, 5) is 10.6. The Morgan fingerprint density at radius 2 is 2.14 bits per heavy atom. The highest BCUT2D eigenvalue weighted by Crippen LogP contribution is 2.39. The summed E-state index contributed by atoms with van der Waals surface area (Å²) < 4.78 is 29.9. The van der Waals surface area contributed by atoms with Gasteiger partial charge in [-0.2, -0.15) is 0 Å². The molecular formula is C20H18F2N4S2. The molecule has 1 aliphatic rings. The maximum Gasteiger partial charge on any atom is 0.176 e. The topological polar surface area (TPSA) is 49.8 Å². The molecule has 3 aromatic heterocycles. The fourth-order valence-corrected chi connectivity index (χ4v) is 5.83. The van der Waals surface area contributed by atoms with Gasteiger partial charge in [0.05, 0.1) is 15.9 Å². The van der Waals surface area contributed by atoms with Gasteiger partial charge in [0, 0.05) is 28.4 Å². The largest absolute Gasteiger partial charge is 0.350 e. The summed E-state index contributed by atoms with van der Waals surface area (Å²) in [7, 11) is 0. The molecule has 0 radical (unpaired) electrons. The number of nitrogens with one attached hydrogen (secondary N) is 2. The van der Waals surface area contributed by atoms with E-state index < -0.39 is 11.6 Å². The van der Waals surface area contributed by atoms with Crippen molar-refractivity contribution in [2.24, 2.45) is 0 Å². The molecule has 0 spiro atoms. The molecule has 0 bridgehead atoms. The normalized spacial score (nSPS) is 20.1. The lowest BCUT2D eigenvalue weighted by Crippen LogP contribution is -2.37. The number of anilines is 2. The Morgan fingerprint density at radius 3 is 3.00 bits per heavy atom. The van der Waals surface area contributed by atoms with E-state index in [1.807, 2.05) is 0 Å². The van der Waals surface area contributed by atoms with E-state index in [9.17, 15) is 8.78 Å². The van der Waals surface area contributed by atoms with Crippen molar-refractivity contribution in [2.75, 3.05) is 11.9 Å². The van der Waals surface area contributed by atoms with E-state index in [-0.39, 0.29) is 11.2 Å². The molecule has 2 atom stereocenters. The average molecular weight is 417 g/mol. The minimum Gasteiger partial charge on any atom is -0.350 e. The molecule has 4 nitrogen and oxygen atoms in total. The number of hydrogen-bond donors (Lipinski definition) is 2. The summed E-state index contributed by atoms with van der Waals surface area (Å²) in [5, 5.41) is 7.37. The monoisotopic (exact) mass is 416 g/mol. The molecule has 1 aromatic carbocycles. The van der Waals surface area contributed by atoms with Crippen molar-refractivity contribution in [3.8, 4) is 0 Å². The van der Waals surface area contributed by atoms with Gasteiger partial charge in [0.1, 0.15) is 16.0 Å². The van der Waals surface area contributed by atoms with Crippen LogP contribution in [0, 0.1) is 11.6 Å². The molecule has 8 heteroatoms. The van der Waals surface area contributed by atoms with Crippen LogP contribution in [-0.4, -0.2) is 22.6 Å². The van der Waals surface area contributed by atoms with Crippen LogP contribution >= 0.6 is 22.7 Å². The Hall–Kier alpha value is -2.16. The zero-order chi connectivity index (χ0) is 19.3. The molecular weight excluding hydrogens is 398 g/mol. The lowest BCUT2D eigenvalue weighted by Gasteiger charge is -2.29. The van der Waals surface area contributed by atoms with Gasteiger partial charge in [-0.05, 0) is 44.5 Å². The first kappa shape index (κ1) is 17.9. The fraction of sp³-hybridized carbons (Fsp3) is 0.300. The number of rotatable bonds is 3. The van der Waals surface area contributed by atoms with Crippen LogP contribution in [0.15, 0.2) is 29.9 Å². The lowest BCUT2D eigenvalue weighted by atomic mass is 9.90. The van der Waals surface area contributed by atoms with Crippen molar-refractivity contribution in [3.05, 3.63) is 46.4 Å². The summed E-state index contributed by atoms with van der Waals surface area (Å²) in [6.45, 7) is 3.25. The Labute approximate surface area is 168 Å². The first-order valence-corrected chi connectivity index (χ1v) is 10.9. The quantitative estimate of drug-likeness (QED) is 0.444. The number of pyridine rings is 1. The highest BCUT2D eigenvalue weighted by molar-refractivity contribution is 7.18. The number of fused-ring (bicyclic) bond motifs is 2. The van der Waals surface area contributed by atoms with Crippen LogP contribution in [0.5, 0.6) is 0 Å². The molecule has 1 fully saturated rings. The van der Waals surface area contributed by atoms with Gasteiger partial charge < -0.3 is 10.6 Å². The number of halogens is 2. The summed E-state index contributed by atoms with van der Waals surface area (Å²) in [6, 6.07) is 5.59. The van der Waals surface area contributed by atoms with Crippen LogP contribution in [0.1, 0.15) is 30.6 Å². The van der Waals surface area contributed by atoms with Gasteiger partial charge in [0.2, 0.25) is 0 Å². The van der Waals surface area contributed by atoms with Gasteiger partial charge in [0.25, 0.3) is 0 Å². The van der Waals surface area contributed by atoms with Gasteiger partial charge in [-0.3, -0.25) is 0 Å². The number of thiazole rings is 1. The summed E-state index contributed by atoms with van der Waals surface area (Å²) >= 11 is 2.87. The van der Waals surface area contributed by atoms with Crippen molar-refractivity contribution >= 4 is 54.5 Å². The van der Waals surface area contributed by atoms with Crippen LogP contribution in [0.3, 0.4) is 0 Å². The molecule has 5 rings (SSSR count). The van der Waals surface area contributed by atoms with Crippen LogP contribution in [0.4, 0.5) is 20.2 Å². The molecule has 2 N–H and O–H groups in total. The Bertz CT molecular complexity index is 1170. The second-order valence-corrected chi connectivity index (χ2v) is 9.04. The van der Waals surface area contributed by atoms with Crippen molar-refractivity contribution in [2.45, 2.75) is 31.7 Å². The third-order valence-corrected chi connectivity index (χ3v) is 7.31. The van der Waals surface area contributed by atoms with E-state index in [0.29, 0.717) is 22.3 Å². The number of nitrogens with zero attached hydrogens (tertiary/aromatic N) is 2. The SMILES string of the molecule is C[C@H]1NCCC[C@@H]1c1cc2c(Nc3c(F)cc4scnc4c3F)ccnc2s1. The predicted molar refractivity (Wildman–Crippen MR) is 112 cm³/mol. The number of aromatic nitrogens is 2. The average Bonchev–Trinajstić information content (AvgIpc) is 3.32. The highest BCUT2D eigenvalue weighted by Gasteiger charge is 2.25. The van der Waals surface area contributed by atoms with E-state index in [1.54, 1.807) is 23.6 Å². The third-order valence-electron chi connectivity index (χ3n) is 5.36. The molecule has 144 valence electrons. The van der Waals surface area contributed by atoms with Crippen LogP contribution in [0.25, 0.3) is 20.4 Å². The molecule has 0 amide bonds. The summed E-state index contributed by atoms with van der Waals surface area (Å²) in [5.41, 5.74) is 2.18. The molecule has 4 aromatic rings. The number of benzene rings is 1. The van der Waals surface area contributed by atoms with Gasteiger partial charge in [-0.1, -0.05) is 0 Å². The number of piperidine rings is 1. The zero-order valence-electron chi connectivity index (χ0n) is 15.1. The second kappa shape index (κ2) is 7.02. The number of hydrogen-bond acceptors (Lipinski definition) is 6. The highest BCUT2D eigenvalue weighted by atomic mass is 32.1. The van der Waals surface area contributed by atoms with E-state index in [1.165, 1.54) is 27.8 Å². The Kier molecular flexibility index (Phi) is 4.49. The molecule has 1 aliphatic heterocycles. The third kappa shape index (κ3) is 2.96. The van der Waals surface area contributed by atoms with Crippen LogP contribution in [-0.2, 0) is 0 Å². The maximum absolute atomic E-state index is 14.8. The van der Waals surface area contributed by atoms with Crippen molar-refractivity contribution < 1.29 is 8.78 Å². The predicted octanol–water partition coefficient (Wildman–Crippen LogP) is 5.78. The minimum atomic E-state index is -0.665. The Morgan fingerprint density at radius 1 is 1.25 bits per heavy atom. The van der Waals surface area contributed by atoms with Crippen molar-refractivity contribution in [3.63, 3.8) is 0 Å². The molecule has 4 heterocycles. The number of thiophene rings is 1. The smallest absolute Gasteiger partial charge is 0.176 e. The van der Waals surface area contributed by atoms with Crippen molar-refractivity contribution in [1.29, 1.82) is 0 Å². The minimum absolute atomic E-state index is 0.175. The molecule has 0 unspecified atom stereocenters. The van der Waals surface area contributed by atoms with E-state index in [4.69, 9.17) is 0 Å². The van der Waals surface area contributed by atoms with E-state index in [0.717, 1.165) is 29.6 Å². The van der Waals surface area contributed by atoms with Gasteiger partial charge in [0.15, 0.2) is 11.6 Å². The Balaban J connectivity index is 1.56. The first-order valence-electron chi connectivity index (χ1n) is 9.22. The van der Waals surface area contributed by atoms with Gasteiger partial charge >= 0.3 is 0 Å². The van der Waals surface area contributed by atoms with Crippen LogP contribution in [0.2, 0.25) is 0 Å². The van der Waals surface area contributed by atoms with E-state index in [2.05, 4.69) is 33.6 Å². The van der Waals surface area contributed by atoms with Gasteiger partial charge in [-0.25, -0.2) is 18.7 Å². The molecule has 1 saturated heterocycles. The van der Waals surface area contributed by atoms with Crippen LogP contribution < -0.4 is 10.6 Å². The summed E-state index contributed by atoms with van der Waals surface area (Å²) in [5.74, 6) is -0.859. The standard InChI is InChI=1S/C20H18F2N4S2/c1-10-11(3-2-5-23-10)15-7-12-14(4-6-24-20(12)28-15)26-18-13(21)8-16-19(17(18)22)25-9-27-16/h4,6-11,23H,2-3,5H2,1H3,(H,24,26)/t10-,11+/m1/s1. The van der Waals surface area contributed by atoms with E-state index >= 15 is 0 Å². The first-order chi connectivity index (χ1) is 13.6. The molecule has 0 saturated carbocycles. The van der Waals surface area contributed by atoms with Gasteiger partial charge in [-0.15, -0.1) is 22.7 Å². The van der Waals surface area contributed by atoms with Crippen molar-refractivity contribution in [1.82, 2.24) is 15.3 Å². The summed E-state index contributed by atoms with van der Waals surface area (Å²) in [6.07, 6.45) is 3.95.